The molecule has 0 spiro atoms. The molecule has 3 rings (SSSR count). The summed E-state index contributed by atoms with van der Waals surface area (Å²) in [6.07, 6.45) is 2.77. The van der Waals surface area contributed by atoms with E-state index in [0.717, 1.165) is 48.3 Å². The normalized spacial score (nSPS) is 13.4. The van der Waals surface area contributed by atoms with Gasteiger partial charge in [0.2, 0.25) is 0 Å². The predicted octanol–water partition coefficient (Wildman–Crippen LogP) is 3.47. The summed E-state index contributed by atoms with van der Waals surface area (Å²) in [7, 11) is 0. The van der Waals surface area contributed by atoms with E-state index in [1.165, 1.54) is 0 Å². The highest BCUT2D eigenvalue weighted by molar-refractivity contribution is 6.04. The second-order valence-electron chi connectivity index (χ2n) is 7.72. The van der Waals surface area contributed by atoms with Gasteiger partial charge in [0.15, 0.2) is 5.82 Å². The molecule has 6 heteroatoms. The lowest BCUT2D eigenvalue weighted by Gasteiger charge is -2.17. The van der Waals surface area contributed by atoms with Crippen LogP contribution in [0.2, 0.25) is 0 Å². The maximum absolute atomic E-state index is 12.9. The third kappa shape index (κ3) is 4.21. The molecule has 2 aromatic rings. The molecule has 1 aromatic carbocycles. The minimum Gasteiger partial charge on any atom is -0.350 e. The van der Waals surface area contributed by atoms with Crippen molar-refractivity contribution in [3.8, 4) is 0 Å². The van der Waals surface area contributed by atoms with Crippen LogP contribution in [0.25, 0.3) is 0 Å². The Labute approximate surface area is 160 Å². The molecule has 2 amide bonds. The van der Waals surface area contributed by atoms with Crippen molar-refractivity contribution in [2.45, 2.75) is 53.5 Å². The van der Waals surface area contributed by atoms with E-state index >= 15 is 0 Å². The van der Waals surface area contributed by atoms with Gasteiger partial charge < -0.3 is 15.2 Å². The number of aryl methyl sites for hydroxylation is 2. The zero-order chi connectivity index (χ0) is 19.6. The highest BCUT2D eigenvalue weighted by Crippen LogP contribution is 2.23. The molecule has 2 N–H and O–H groups in total. The van der Waals surface area contributed by atoms with Gasteiger partial charge in [0.25, 0.3) is 11.8 Å². The van der Waals surface area contributed by atoms with Crippen LogP contribution in [0.3, 0.4) is 0 Å². The van der Waals surface area contributed by atoms with Gasteiger partial charge in [-0.05, 0) is 50.7 Å². The van der Waals surface area contributed by atoms with E-state index in [0.29, 0.717) is 24.0 Å². The van der Waals surface area contributed by atoms with Gasteiger partial charge in [0, 0.05) is 18.8 Å². The Bertz CT molecular complexity index is 867. The number of nitrogens with one attached hydrogen (secondary N) is 2. The summed E-state index contributed by atoms with van der Waals surface area (Å²) in [4.78, 5) is 29.9. The van der Waals surface area contributed by atoms with E-state index in [1.54, 1.807) is 0 Å². The highest BCUT2D eigenvalue weighted by atomic mass is 16.2. The quantitative estimate of drug-likeness (QED) is 0.848. The molecule has 2 heterocycles. The van der Waals surface area contributed by atoms with E-state index in [4.69, 9.17) is 0 Å². The minimum absolute atomic E-state index is 0.195. The van der Waals surface area contributed by atoms with Crippen LogP contribution in [-0.2, 0) is 13.0 Å². The second kappa shape index (κ2) is 7.94. The summed E-state index contributed by atoms with van der Waals surface area (Å²) in [6, 6.07) is 5.90. The fraction of sp³-hybridized carbons (Fsp3) is 0.476. The van der Waals surface area contributed by atoms with E-state index < -0.39 is 0 Å². The number of aromatic nitrogens is 2. The van der Waals surface area contributed by atoms with Crippen LogP contribution in [0.5, 0.6) is 0 Å². The van der Waals surface area contributed by atoms with Crippen LogP contribution < -0.4 is 10.6 Å². The predicted molar refractivity (Wildman–Crippen MR) is 106 cm³/mol. The lowest BCUT2D eigenvalue weighted by Crippen LogP contribution is -2.29. The summed E-state index contributed by atoms with van der Waals surface area (Å²) in [5.74, 6) is 0.215. The van der Waals surface area contributed by atoms with Crippen molar-refractivity contribution >= 4 is 17.5 Å². The topological polar surface area (TPSA) is 76.0 Å². The summed E-state index contributed by atoms with van der Waals surface area (Å²) in [6.45, 7) is 9.39. The molecule has 144 valence electrons. The Morgan fingerprint density at radius 2 is 1.96 bits per heavy atom. The van der Waals surface area contributed by atoms with Gasteiger partial charge in [-0.15, -0.1) is 0 Å². The third-order valence-electron chi connectivity index (χ3n) is 4.84. The number of nitrogens with zero attached hydrogens (tertiary/aromatic N) is 2. The van der Waals surface area contributed by atoms with E-state index in [1.807, 2.05) is 50.5 Å². The average Bonchev–Trinajstić information content (AvgIpc) is 3.02. The monoisotopic (exact) mass is 368 g/mol. The Kier molecular flexibility index (Phi) is 5.63. The Morgan fingerprint density at radius 3 is 2.67 bits per heavy atom. The lowest BCUT2D eigenvalue weighted by molar-refractivity contribution is 0.0943. The van der Waals surface area contributed by atoms with Crippen molar-refractivity contribution in [1.82, 2.24) is 14.9 Å². The Morgan fingerprint density at radius 1 is 1.19 bits per heavy atom. The molecule has 0 radical (unpaired) electrons. The second-order valence-corrected chi connectivity index (χ2v) is 7.72. The number of fused-ring (bicyclic) bond motifs is 1. The standard InChI is InChI=1S/C21H28N4O2/c1-13(2)12-22-20(26)18-17-7-5-6-10-25(17)19(24-18)21(27)23-16-9-8-14(3)11-15(16)4/h8-9,11,13H,5-7,10,12H2,1-4H3,(H,22,26)(H,23,27). The molecule has 0 atom stereocenters. The van der Waals surface area contributed by atoms with E-state index in [2.05, 4.69) is 15.6 Å². The number of benzene rings is 1. The van der Waals surface area contributed by atoms with Gasteiger partial charge >= 0.3 is 0 Å². The zero-order valence-corrected chi connectivity index (χ0v) is 16.6. The number of hydrogen-bond donors (Lipinski definition) is 2. The Hall–Kier alpha value is -2.63. The van der Waals surface area contributed by atoms with Crippen LogP contribution in [0.4, 0.5) is 5.69 Å². The molecule has 27 heavy (non-hydrogen) atoms. The molecule has 0 saturated carbocycles. The molecule has 1 aliphatic rings. The lowest BCUT2D eigenvalue weighted by atomic mass is 10.1. The maximum atomic E-state index is 12.9. The number of rotatable bonds is 5. The van der Waals surface area contributed by atoms with Crippen LogP contribution >= 0.6 is 0 Å². The number of amides is 2. The SMILES string of the molecule is Cc1ccc(NC(=O)c2nc(C(=O)NCC(C)C)c3n2CCCC3)c(C)c1. The summed E-state index contributed by atoms with van der Waals surface area (Å²) in [5.41, 5.74) is 4.18. The van der Waals surface area contributed by atoms with Crippen molar-refractivity contribution in [2.75, 3.05) is 11.9 Å². The maximum Gasteiger partial charge on any atom is 0.291 e. The fourth-order valence-electron chi connectivity index (χ4n) is 3.41. The molecule has 1 aromatic heterocycles. The zero-order valence-electron chi connectivity index (χ0n) is 16.6. The van der Waals surface area contributed by atoms with Crippen molar-refractivity contribution in [3.05, 3.63) is 46.5 Å². The number of hydrogen-bond acceptors (Lipinski definition) is 3. The molecule has 0 aliphatic carbocycles. The van der Waals surface area contributed by atoms with Crippen molar-refractivity contribution in [2.24, 2.45) is 5.92 Å². The minimum atomic E-state index is -0.270. The third-order valence-corrected chi connectivity index (χ3v) is 4.84. The van der Waals surface area contributed by atoms with Gasteiger partial charge in [-0.1, -0.05) is 31.5 Å². The summed E-state index contributed by atoms with van der Waals surface area (Å²) < 4.78 is 1.91. The molecule has 0 bridgehead atoms. The van der Waals surface area contributed by atoms with Gasteiger partial charge in [0.05, 0.1) is 5.69 Å². The molecule has 0 unspecified atom stereocenters. The molecular weight excluding hydrogens is 340 g/mol. The first-order valence-corrected chi connectivity index (χ1v) is 9.63. The fourth-order valence-corrected chi connectivity index (χ4v) is 3.41. The number of imidazole rings is 1. The van der Waals surface area contributed by atoms with Gasteiger partial charge in [-0.25, -0.2) is 4.98 Å². The van der Waals surface area contributed by atoms with Crippen molar-refractivity contribution < 1.29 is 9.59 Å². The van der Waals surface area contributed by atoms with E-state index in [9.17, 15) is 9.59 Å². The molecule has 0 saturated heterocycles. The van der Waals surface area contributed by atoms with Crippen molar-refractivity contribution in [3.63, 3.8) is 0 Å². The largest absolute Gasteiger partial charge is 0.350 e. The molecule has 1 aliphatic heterocycles. The molecule has 6 nitrogen and oxygen atoms in total. The first-order valence-electron chi connectivity index (χ1n) is 9.63. The molecule has 0 fully saturated rings. The molecular formula is C21H28N4O2. The van der Waals surface area contributed by atoms with Gasteiger partial charge in [-0.2, -0.15) is 0 Å². The van der Waals surface area contributed by atoms with Crippen LogP contribution in [0, 0.1) is 19.8 Å². The number of carbonyl (C=O) groups excluding carboxylic acids is 2. The average molecular weight is 368 g/mol. The summed E-state index contributed by atoms with van der Waals surface area (Å²) in [5, 5.41) is 5.87. The van der Waals surface area contributed by atoms with Crippen molar-refractivity contribution in [1.29, 1.82) is 0 Å². The summed E-state index contributed by atoms with van der Waals surface area (Å²) >= 11 is 0. The van der Waals surface area contributed by atoms with Gasteiger partial charge in [0.1, 0.15) is 5.69 Å². The van der Waals surface area contributed by atoms with Crippen LogP contribution in [-0.4, -0.2) is 27.9 Å². The number of carbonyl (C=O) groups is 2. The van der Waals surface area contributed by atoms with Gasteiger partial charge in [-0.3, -0.25) is 9.59 Å². The van der Waals surface area contributed by atoms with Crippen LogP contribution in [0.15, 0.2) is 18.2 Å². The smallest absolute Gasteiger partial charge is 0.291 e. The van der Waals surface area contributed by atoms with E-state index in [-0.39, 0.29) is 11.8 Å². The Balaban J connectivity index is 1.88. The highest BCUT2D eigenvalue weighted by Gasteiger charge is 2.27. The van der Waals surface area contributed by atoms with Crippen LogP contribution in [0.1, 0.15) is 64.6 Å². The first-order chi connectivity index (χ1) is 12.9. The first kappa shape index (κ1) is 19.1. The number of anilines is 1.